The van der Waals surface area contributed by atoms with Gasteiger partial charge in [0.25, 0.3) is 0 Å². The summed E-state index contributed by atoms with van der Waals surface area (Å²) in [5, 5.41) is 3.36. The van der Waals surface area contributed by atoms with Gasteiger partial charge in [-0.3, -0.25) is 0 Å². The summed E-state index contributed by atoms with van der Waals surface area (Å²) in [5.74, 6) is 1.36. The van der Waals surface area contributed by atoms with Gasteiger partial charge in [-0.15, -0.1) is 0 Å². The van der Waals surface area contributed by atoms with Gasteiger partial charge in [0.2, 0.25) is 0 Å². The first-order valence-corrected chi connectivity index (χ1v) is 6.59. The Morgan fingerprint density at radius 3 is 2.56 bits per heavy atom. The van der Waals surface area contributed by atoms with E-state index in [-0.39, 0.29) is 6.79 Å². The Bertz CT molecular complexity index is 383. The van der Waals surface area contributed by atoms with Crippen molar-refractivity contribution in [3.05, 3.63) is 22.2 Å². The Morgan fingerprint density at radius 2 is 2.00 bits per heavy atom. The van der Waals surface area contributed by atoms with E-state index >= 15 is 0 Å². The van der Waals surface area contributed by atoms with Crippen LogP contribution in [-0.2, 0) is 11.3 Å². The maximum Gasteiger partial charge on any atom is 0.188 e. The van der Waals surface area contributed by atoms with Crippen molar-refractivity contribution in [3.63, 3.8) is 0 Å². The molecule has 0 aliphatic heterocycles. The highest BCUT2D eigenvalue weighted by Gasteiger charge is 2.11. The molecule has 4 nitrogen and oxygen atoms in total. The first-order chi connectivity index (χ1) is 8.58. The van der Waals surface area contributed by atoms with Crippen LogP contribution in [0.1, 0.15) is 19.4 Å². The van der Waals surface area contributed by atoms with Crippen molar-refractivity contribution in [2.75, 3.05) is 21.0 Å². The Hall–Kier alpha value is -0.780. The number of ether oxygens (including phenoxy) is 3. The molecule has 18 heavy (non-hydrogen) atoms. The van der Waals surface area contributed by atoms with E-state index in [1.165, 1.54) is 0 Å². The highest BCUT2D eigenvalue weighted by atomic mass is 79.9. The fraction of sp³-hybridized carbons (Fsp3) is 0.538. The lowest BCUT2D eigenvalue weighted by molar-refractivity contribution is 0.0486. The van der Waals surface area contributed by atoms with Crippen molar-refractivity contribution in [2.24, 2.45) is 0 Å². The fourth-order valence-electron chi connectivity index (χ4n) is 1.46. The van der Waals surface area contributed by atoms with Gasteiger partial charge in [0.05, 0.1) is 11.6 Å². The van der Waals surface area contributed by atoms with Gasteiger partial charge >= 0.3 is 0 Å². The van der Waals surface area contributed by atoms with E-state index in [0.717, 1.165) is 16.6 Å². The molecule has 0 saturated heterocycles. The van der Waals surface area contributed by atoms with Gasteiger partial charge in [-0.1, -0.05) is 13.8 Å². The van der Waals surface area contributed by atoms with Gasteiger partial charge in [-0.2, -0.15) is 0 Å². The molecule has 0 spiro atoms. The molecular formula is C13H20BrNO3. The molecule has 0 aliphatic rings. The fourth-order valence-corrected chi connectivity index (χ4v) is 2.06. The molecule has 0 fully saturated rings. The summed E-state index contributed by atoms with van der Waals surface area (Å²) >= 11 is 3.49. The number of hydrogen-bond acceptors (Lipinski definition) is 4. The number of methoxy groups -OCH3 is 2. The molecule has 1 rings (SSSR count). The maximum atomic E-state index is 5.47. The molecule has 0 unspecified atom stereocenters. The summed E-state index contributed by atoms with van der Waals surface area (Å²) in [5.41, 5.74) is 1.14. The summed E-state index contributed by atoms with van der Waals surface area (Å²) in [6.07, 6.45) is 0. The average Bonchev–Trinajstić information content (AvgIpc) is 2.34. The Morgan fingerprint density at radius 1 is 1.28 bits per heavy atom. The van der Waals surface area contributed by atoms with E-state index in [1.807, 2.05) is 12.1 Å². The van der Waals surface area contributed by atoms with E-state index in [4.69, 9.17) is 14.2 Å². The zero-order valence-corrected chi connectivity index (χ0v) is 12.8. The van der Waals surface area contributed by atoms with E-state index in [1.54, 1.807) is 14.2 Å². The van der Waals surface area contributed by atoms with Gasteiger partial charge in [-0.05, 0) is 33.6 Å². The average molecular weight is 318 g/mol. The molecule has 0 amide bonds. The smallest absolute Gasteiger partial charge is 0.188 e. The minimum absolute atomic E-state index is 0.193. The highest BCUT2D eigenvalue weighted by molar-refractivity contribution is 9.10. The molecule has 1 aromatic carbocycles. The standard InChI is InChI=1S/C13H20BrNO3/c1-9(2)15-7-10-5-11(14)13(18-8-16-3)12(6-10)17-4/h5-6,9,15H,7-8H2,1-4H3. The zero-order chi connectivity index (χ0) is 13.5. The Kier molecular flexibility index (Phi) is 6.46. The summed E-state index contributed by atoms with van der Waals surface area (Å²) in [6.45, 7) is 5.21. The first kappa shape index (κ1) is 15.3. The van der Waals surface area contributed by atoms with Gasteiger partial charge in [0.1, 0.15) is 0 Å². The van der Waals surface area contributed by atoms with E-state index in [9.17, 15) is 0 Å². The predicted molar refractivity (Wildman–Crippen MR) is 75.2 cm³/mol. The third kappa shape index (κ3) is 4.48. The van der Waals surface area contributed by atoms with E-state index < -0.39 is 0 Å². The van der Waals surface area contributed by atoms with Crippen LogP contribution in [0.4, 0.5) is 0 Å². The second-order valence-corrected chi connectivity index (χ2v) is 5.05. The lowest BCUT2D eigenvalue weighted by Gasteiger charge is -2.15. The predicted octanol–water partition coefficient (Wildman–Crippen LogP) is 2.94. The van der Waals surface area contributed by atoms with Crippen molar-refractivity contribution in [2.45, 2.75) is 26.4 Å². The molecule has 0 radical (unpaired) electrons. The molecule has 0 bridgehead atoms. The number of benzene rings is 1. The van der Waals surface area contributed by atoms with Crippen LogP contribution >= 0.6 is 15.9 Å². The van der Waals surface area contributed by atoms with Crippen LogP contribution in [0.5, 0.6) is 11.5 Å². The minimum atomic E-state index is 0.193. The zero-order valence-electron chi connectivity index (χ0n) is 11.2. The first-order valence-electron chi connectivity index (χ1n) is 5.80. The second-order valence-electron chi connectivity index (χ2n) is 4.20. The van der Waals surface area contributed by atoms with Crippen molar-refractivity contribution in [3.8, 4) is 11.5 Å². The van der Waals surface area contributed by atoms with Crippen molar-refractivity contribution < 1.29 is 14.2 Å². The third-order valence-corrected chi connectivity index (χ3v) is 2.91. The molecule has 0 heterocycles. The molecule has 1 N–H and O–H groups in total. The molecule has 5 heteroatoms. The number of halogens is 1. The summed E-state index contributed by atoms with van der Waals surface area (Å²) in [7, 11) is 3.21. The molecule has 0 aliphatic carbocycles. The quantitative estimate of drug-likeness (QED) is 0.785. The molecule has 1 aromatic rings. The second kappa shape index (κ2) is 7.61. The monoisotopic (exact) mass is 317 g/mol. The number of rotatable bonds is 7. The van der Waals surface area contributed by atoms with Crippen molar-refractivity contribution in [1.82, 2.24) is 5.32 Å². The van der Waals surface area contributed by atoms with Gasteiger partial charge in [0, 0.05) is 19.7 Å². The Labute approximate surface area is 117 Å². The SMILES string of the molecule is COCOc1c(Br)cc(CNC(C)C)cc1OC. The summed E-state index contributed by atoms with van der Waals surface area (Å²) < 4.78 is 16.6. The van der Waals surface area contributed by atoms with Crippen LogP contribution in [0.2, 0.25) is 0 Å². The van der Waals surface area contributed by atoms with Crippen LogP contribution in [0.3, 0.4) is 0 Å². The lowest BCUT2D eigenvalue weighted by atomic mass is 10.2. The van der Waals surface area contributed by atoms with Crippen molar-refractivity contribution in [1.29, 1.82) is 0 Å². The van der Waals surface area contributed by atoms with E-state index in [2.05, 4.69) is 35.1 Å². The molecule has 102 valence electrons. The molecular weight excluding hydrogens is 298 g/mol. The maximum absolute atomic E-state index is 5.47. The normalized spacial score (nSPS) is 10.8. The third-order valence-electron chi connectivity index (χ3n) is 2.32. The summed E-state index contributed by atoms with van der Waals surface area (Å²) in [4.78, 5) is 0. The molecule has 0 atom stereocenters. The number of nitrogens with one attached hydrogen (secondary N) is 1. The molecule has 0 aromatic heterocycles. The largest absolute Gasteiger partial charge is 0.493 e. The topological polar surface area (TPSA) is 39.7 Å². The van der Waals surface area contributed by atoms with Gasteiger partial charge < -0.3 is 19.5 Å². The van der Waals surface area contributed by atoms with Gasteiger partial charge in [0.15, 0.2) is 18.3 Å². The molecule has 0 saturated carbocycles. The van der Waals surface area contributed by atoms with Crippen LogP contribution in [0, 0.1) is 0 Å². The van der Waals surface area contributed by atoms with Crippen LogP contribution in [0.15, 0.2) is 16.6 Å². The van der Waals surface area contributed by atoms with E-state index in [0.29, 0.717) is 17.5 Å². The van der Waals surface area contributed by atoms with Crippen molar-refractivity contribution >= 4 is 15.9 Å². The van der Waals surface area contributed by atoms with Crippen LogP contribution < -0.4 is 14.8 Å². The van der Waals surface area contributed by atoms with Crippen LogP contribution in [0.25, 0.3) is 0 Å². The summed E-state index contributed by atoms with van der Waals surface area (Å²) in [6, 6.07) is 4.42. The lowest BCUT2D eigenvalue weighted by Crippen LogP contribution is -2.21. The Balaban J connectivity index is 2.88. The number of hydrogen-bond donors (Lipinski definition) is 1. The highest BCUT2D eigenvalue weighted by Crippen LogP contribution is 2.36. The van der Waals surface area contributed by atoms with Crippen LogP contribution in [-0.4, -0.2) is 27.1 Å². The van der Waals surface area contributed by atoms with Gasteiger partial charge in [-0.25, -0.2) is 0 Å². The minimum Gasteiger partial charge on any atom is -0.493 e.